The molecule has 2 aromatic carbocycles. The van der Waals surface area contributed by atoms with Crippen molar-refractivity contribution in [1.82, 2.24) is 20.2 Å². The number of rotatable bonds is 8. The first-order chi connectivity index (χ1) is 16.7. The Hall–Kier alpha value is -2.64. The standard InChI is InChI=1S/C24H25Cl2N4O4P/c1-35(33,34-18-6-3-2-4-7-18)30-12-10-17(11-13-30)28-24(32)23-16(15-27-29-23)14-21(31)22-19(25)8-5-9-20(22)26/h2-9,15,17H,10-14H2,1H3,(H,27,29)(H,28,32). The average Bonchev–Trinajstić information content (AvgIpc) is 3.28. The molecule has 2 N–H and O–H groups in total. The van der Waals surface area contributed by atoms with Gasteiger partial charge in [0, 0.05) is 37.8 Å². The van der Waals surface area contributed by atoms with E-state index in [1.54, 1.807) is 37.0 Å². The van der Waals surface area contributed by atoms with Gasteiger partial charge < -0.3 is 9.84 Å². The molecule has 4 rings (SSSR count). The zero-order valence-electron chi connectivity index (χ0n) is 19.0. The SMILES string of the molecule is CP(=O)(Oc1ccccc1)N1CCC(NC(=O)c2[nH]ncc2CC(=O)c2c(Cl)cccc2Cl)CC1. The molecule has 35 heavy (non-hydrogen) atoms. The first-order valence-electron chi connectivity index (χ1n) is 11.1. The Morgan fingerprint density at radius 1 is 1.11 bits per heavy atom. The van der Waals surface area contributed by atoms with Gasteiger partial charge >= 0.3 is 7.52 Å². The van der Waals surface area contributed by atoms with Crippen molar-refractivity contribution in [1.29, 1.82) is 0 Å². The number of halogens is 2. The number of amides is 1. The van der Waals surface area contributed by atoms with E-state index in [9.17, 15) is 14.2 Å². The lowest BCUT2D eigenvalue weighted by Crippen LogP contribution is -2.44. The van der Waals surface area contributed by atoms with Crippen molar-refractivity contribution in [3.8, 4) is 5.75 Å². The highest BCUT2D eigenvalue weighted by Crippen LogP contribution is 2.48. The van der Waals surface area contributed by atoms with E-state index in [2.05, 4.69) is 15.5 Å². The number of aromatic amines is 1. The van der Waals surface area contributed by atoms with Crippen LogP contribution in [0.3, 0.4) is 0 Å². The minimum Gasteiger partial charge on any atom is -0.433 e. The van der Waals surface area contributed by atoms with Crippen LogP contribution >= 0.6 is 30.7 Å². The van der Waals surface area contributed by atoms with Gasteiger partial charge in [0.2, 0.25) is 0 Å². The number of hydrogen-bond acceptors (Lipinski definition) is 5. The maximum absolute atomic E-state index is 13.1. The molecule has 184 valence electrons. The molecule has 1 saturated heterocycles. The molecule has 8 nitrogen and oxygen atoms in total. The molecule has 2 heterocycles. The highest BCUT2D eigenvalue weighted by Gasteiger charge is 2.32. The summed E-state index contributed by atoms with van der Waals surface area (Å²) in [4.78, 5) is 25.7. The summed E-state index contributed by atoms with van der Waals surface area (Å²) < 4.78 is 20.7. The molecule has 0 radical (unpaired) electrons. The monoisotopic (exact) mass is 534 g/mol. The van der Waals surface area contributed by atoms with Crippen LogP contribution in [-0.2, 0) is 11.0 Å². The number of aromatic nitrogens is 2. The zero-order valence-corrected chi connectivity index (χ0v) is 21.4. The molecule has 1 aliphatic heterocycles. The Kier molecular flexibility index (Phi) is 7.97. The summed E-state index contributed by atoms with van der Waals surface area (Å²) in [6.45, 7) is 2.65. The van der Waals surface area contributed by atoms with Crippen LogP contribution in [0.2, 0.25) is 10.0 Å². The molecule has 0 aliphatic carbocycles. The summed E-state index contributed by atoms with van der Waals surface area (Å²) in [6, 6.07) is 13.8. The topological polar surface area (TPSA) is 104 Å². The van der Waals surface area contributed by atoms with Crippen molar-refractivity contribution in [2.24, 2.45) is 0 Å². The van der Waals surface area contributed by atoms with Crippen LogP contribution in [0.5, 0.6) is 5.75 Å². The number of nitrogens with zero attached hydrogens (tertiary/aromatic N) is 2. The number of carbonyl (C=O) groups is 2. The molecule has 0 bridgehead atoms. The van der Waals surface area contributed by atoms with Gasteiger partial charge in [-0.05, 0) is 37.1 Å². The van der Waals surface area contributed by atoms with Crippen LogP contribution in [0.15, 0.2) is 54.7 Å². The molecule has 1 aromatic heterocycles. The van der Waals surface area contributed by atoms with Gasteiger partial charge in [-0.15, -0.1) is 0 Å². The van der Waals surface area contributed by atoms with Gasteiger partial charge in [0.15, 0.2) is 5.78 Å². The quantitative estimate of drug-likeness (QED) is 0.302. The van der Waals surface area contributed by atoms with Crippen molar-refractivity contribution in [3.63, 3.8) is 0 Å². The Labute approximate surface area is 213 Å². The third kappa shape index (κ3) is 6.14. The minimum absolute atomic E-state index is 0.0724. The van der Waals surface area contributed by atoms with Crippen LogP contribution in [0, 0.1) is 0 Å². The van der Waals surface area contributed by atoms with Crippen LogP contribution in [0.4, 0.5) is 0 Å². The third-order valence-electron chi connectivity index (χ3n) is 5.88. The summed E-state index contributed by atoms with van der Waals surface area (Å²) in [5, 5.41) is 10.1. The molecular formula is C24H25Cl2N4O4P. The van der Waals surface area contributed by atoms with Crippen molar-refractivity contribution < 1.29 is 18.7 Å². The number of ketones is 1. The number of para-hydroxylation sites is 1. The summed E-state index contributed by atoms with van der Waals surface area (Å²) in [5.74, 6) is -0.0937. The molecule has 0 spiro atoms. The van der Waals surface area contributed by atoms with E-state index in [-0.39, 0.29) is 45.5 Å². The third-order valence-corrected chi connectivity index (χ3v) is 8.48. The van der Waals surface area contributed by atoms with Gasteiger partial charge in [-0.2, -0.15) is 5.10 Å². The predicted molar refractivity (Wildman–Crippen MR) is 136 cm³/mol. The van der Waals surface area contributed by atoms with Gasteiger partial charge in [0.25, 0.3) is 5.91 Å². The van der Waals surface area contributed by atoms with Crippen molar-refractivity contribution in [2.75, 3.05) is 19.8 Å². The fourth-order valence-electron chi connectivity index (χ4n) is 4.03. The average molecular weight is 535 g/mol. The highest BCUT2D eigenvalue weighted by molar-refractivity contribution is 7.56. The Morgan fingerprint density at radius 2 is 1.77 bits per heavy atom. The van der Waals surface area contributed by atoms with Gasteiger partial charge in [0.1, 0.15) is 11.4 Å². The fraction of sp³-hybridized carbons (Fsp3) is 0.292. The molecule has 1 fully saturated rings. The molecule has 0 saturated carbocycles. The Balaban J connectivity index is 1.34. The van der Waals surface area contributed by atoms with E-state index in [0.29, 0.717) is 37.2 Å². The first kappa shape index (κ1) is 25.5. The Bertz CT molecular complexity index is 1240. The second kappa shape index (κ2) is 11.0. The van der Waals surface area contributed by atoms with E-state index >= 15 is 0 Å². The normalized spacial score (nSPS) is 16.4. The second-order valence-electron chi connectivity index (χ2n) is 8.38. The first-order valence-corrected chi connectivity index (χ1v) is 13.9. The van der Waals surface area contributed by atoms with Crippen LogP contribution in [0.1, 0.15) is 39.3 Å². The summed E-state index contributed by atoms with van der Waals surface area (Å²) in [6.07, 6.45) is 2.60. The van der Waals surface area contributed by atoms with E-state index in [1.807, 2.05) is 22.9 Å². The molecule has 1 aliphatic rings. The lowest BCUT2D eigenvalue weighted by molar-refractivity contribution is 0.0917. The number of benzene rings is 2. The minimum atomic E-state index is -3.01. The van der Waals surface area contributed by atoms with E-state index in [1.165, 1.54) is 6.20 Å². The fourth-order valence-corrected chi connectivity index (χ4v) is 6.23. The number of nitrogens with one attached hydrogen (secondary N) is 2. The number of carbonyl (C=O) groups excluding carboxylic acids is 2. The lowest BCUT2D eigenvalue weighted by Gasteiger charge is -2.35. The molecule has 11 heteroatoms. The van der Waals surface area contributed by atoms with E-state index in [4.69, 9.17) is 27.7 Å². The van der Waals surface area contributed by atoms with Gasteiger partial charge in [-0.3, -0.25) is 19.3 Å². The van der Waals surface area contributed by atoms with E-state index < -0.39 is 7.52 Å². The summed E-state index contributed by atoms with van der Waals surface area (Å²) in [7, 11) is -3.01. The number of Topliss-reactive ketones (excluding diaryl/α,β-unsaturated/α-hetero) is 1. The smallest absolute Gasteiger partial charge is 0.316 e. The number of H-pyrrole nitrogens is 1. The van der Waals surface area contributed by atoms with Gasteiger partial charge in [-0.1, -0.05) is 47.5 Å². The lowest BCUT2D eigenvalue weighted by atomic mass is 10.0. The zero-order chi connectivity index (χ0) is 25.0. The van der Waals surface area contributed by atoms with E-state index in [0.717, 1.165) is 0 Å². The van der Waals surface area contributed by atoms with Crippen LogP contribution in [0.25, 0.3) is 0 Å². The molecule has 1 atom stereocenters. The molecule has 1 amide bonds. The van der Waals surface area contributed by atoms with Crippen molar-refractivity contribution >= 4 is 42.4 Å². The van der Waals surface area contributed by atoms with Crippen molar-refractivity contribution in [3.05, 3.63) is 81.6 Å². The highest BCUT2D eigenvalue weighted by atomic mass is 35.5. The largest absolute Gasteiger partial charge is 0.433 e. The van der Waals surface area contributed by atoms with Crippen molar-refractivity contribution in [2.45, 2.75) is 25.3 Å². The maximum Gasteiger partial charge on any atom is 0.316 e. The molecule has 1 unspecified atom stereocenters. The summed E-state index contributed by atoms with van der Waals surface area (Å²) >= 11 is 12.3. The Morgan fingerprint density at radius 3 is 2.43 bits per heavy atom. The number of hydrogen-bond donors (Lipinski definition) is 2. The molecular weight excluding hydrogens is 510 g/mol. The maximum atomic E-state index is 13.1. The van der Waals surface area contributed by atoms with Crippen LogP contribution in [-0.4, -0.2) is 52.4 Å². The molecule has 3 aromatic rings. The van der Waals surface area contributed by atoms with Gasteiger partial charge in [-0.25, -0.2) is 4.67 Å². The summed E-state index contributed by atoms with van der Waals surface area (Å²) in [5.41, 5.74) is 0.894. The van der Waals surface area contributed by atoms with Crippen LogP contribution < -0.4 is 9.84 Å². The second-order valence-corrected chi connectivity index (χ2v) is 11.5. The van der Waals surface area contributed by atoms with Gasteiger partial charge in [0.05, 0.1) is 21.8 Å². The predicted octanol–water partition coefficient (Wildman–Crippen LogP) is 5.24. The number of piperidine rings is 1.